The molecule has 0 N–H and O–H groups in total. The third-order valence-corrected chi connectivity index (χ3v) is 4.15. The zero-order chi connectivity index (χ0) is 15.5. The van der Waals surface area contributed by atoms with Gasteiger partial charge in [-0.1, -0.05) is 16.8 Å². The second-order valence-electron chi connectivity index (χ2n) is 5.05. The van der Waals surface area contributed by atoms with Gasteiger partial charge in [-0.25, -0.2) is 4.98 Å². The Morgan fingerprint density at radius 1 is 1.18 bits per heavy atom. The molecule has 5 nitrogen and oxygen atoms in total. The van der Waals surface area contributed by atoms with Crippen LogP contribution in [0.3, 0.4) is 0 Å². The molecule has 2 aromatic heterocycles. The molecule has 22 heavy (non-hydrogen) atoms. The molecule has 0 atom stereocenters. The minimum Gasteiger partial charge on any atom is -0.338 e. The molecule has 0 bridgehead atoms. The Labute approximate surface area is 137 Å². The molecular formula is C15H15ClN4OS. The summed E-state index contributed by atoms with van der Waals surface area (Å²) in [6, 6.07) is 7.37. The SMILES string of the molecule is Cc1nc(CN(C)Cc2nc(-c3ccc(Cl)cc3)no2)cs1. The second-order valence-corrected chi connectivity index (χ2v) is 6.55. The molecule has 0 amide bonds. The van der Waals surface area contributed by atoms with Crippen LogP contribution in [0.2, 0.25) is 5.02 Å². The Morgan fingerprint density at radius 2 is 1.95 bits per heavy atom. The van der Waals surface area contributed by atoms with Gasteiger partial charge in [-0.2, -0.15) is 4.98 Å². The van der Waals surface area contributed by atoms with Crippen molar-refractivity contribution in [3.8, 4) is 11.4 Å². The van der Waals surface area contributed by atoms with Gasteiger partial charge in [0.15, 0.2) is 0 Å². The normalized spacial score (nSPS) is 11.3. The maximum Gasteiger partial charge on any atom is 0.241 e. The lowest BCUT2D eigenvalue weighted by molar-refractivity contribution is 0.259. The molecule has 0 unspecified atom stereocenters. The van der Waals surface area contributed by atoms with Crippen LogP contribution in [0.5, 0.6) is 0 Å². The molecule has 0 radical (unpaired) electrons. The van der Waals surface area contributed by atoms with Gasteiger partial charge in [0.05, 0.1) is 17.2 Å². The highest BCUT2D eigenvalue weighted by molar-refractivity contribution is 7.09. The van der Waals surface area contributed by atoms with Gasteiger partial charge < -0.3 is 4.52 Å². The van der Waals surface area contributed by atoms with Crippen molar-refractivity contribution in [3.63, 3.8) is 0 Å². The summed E-state index contributed by atoms with van der Waals surface area (Å²) in [6.45, 7) is 3.34. The molecule has 0 aliphatic carbocycles. The third kappa shape index (κ3) is 3.71. The lowest BCUT2D eigenvalue weighted by Gasteiger charge is -2.11. The summed E-state index contributed by atoms with van der Waals surface area (Å²) in [5.41, 5.74) is 1.94. The number of hydrogen-bond donors (Lipinski definition) is 0. The maximum absolute atomic E-state index is 5.88. The van der Waals surface area contributed by atoms with Crippen molar-refractivity contribution in [2.24, 2.45) is 0 Å². The average molecular weight is 335 g/mol. The van der Waals surface area contributed by atoms with Crippen LogP contribution >= 0.6 is 22.9 Å². The molecule has 0 fully saturated rings. The van der Waals surface area contributed by atoms with E-state index in [9.17, 15) is 0 Å². The quantitative estimate of drug-likeness (QED) is 0.710. The number of rotatable bonds is 5. The van der Waals surface area contributed by atoms with E-state index in [4.69, 9.17) is 16.1 Å². The summed E-state index contributed by atoms with van der Waals surface area (Å²) in [6.07, 6.45) is 0. The van der Waals surface area contributed by atoms with Crippen LogP contribution < -0.4 is 0 Å². The van der Waals surface area contributed by atoms with E-state index in [0.29, 0.717) is 23.3 Å². The van der Waals surface area contributed by atoms with Crippen molar-refractivity contribution in [3.05, 3.63) is 51.3 Å². The average Bonchev–Trinajstić information content (AvgIpc) is 3.09. The van der Waals surface area contributed by atoms with Crippen LogP contribution in [0.1, 0.15) is 16.6 Å². The minimum atomic E-state index is 0.574. The highest BCUT2D eigenvalue weighted by Crippen LogP contribution is 2.19. The van der Waals surface area contributed by atoms with Gasteiger partial charge >= 0.3 is 0 Å². The fourth-order valence-corrected chi connectivity index (χ4v) is 2.81. The highest BCUT2D eigenvalue weighted by atomic mass is 35.5. The van der Waals surface area contributed by atoms with Crippen LogP contribution in [0.15, 0.2) is 34.2 Å². The van der Waals surface area contributed by atoms with Crippen LogP contribution in [-0.2, 0) is 13.1 Å². The van der Waals surface area contributed by atoms with Crippen LogP contribution in [0.25, 0.3) is 11.4 Å². The van der Waals surface area contributed by atoms with E-state index < -0.39 is 0 Å². The van der Waals surface area contributed by atoms with E-state index in [2.05, 4.69) is 25.4 Å². The van der Waals surface area contributed by atoms with Crippen molar-refractivity contribution in [1.29, 1.82) is 0 Å². The first kappa shape index (κ1) is 15.1. The first-order chi connectivity index (χ1) is 10.6. The Morgan fingerprint density at radius 3 is 2.64 bits per heavy atom. The lowest BCUT2D eigenvalue weighted by Crippen LogP contribution is -2.17. The number of nitrogens with zero attached hydrogens (tertiary/aromatic N) is 4. The zero-order valence-corrected chi connectivity index (χ0v) is 13.9. The van der Waals surface area contributed by atoms with E-state index >= 15 is 0 Å². The summed E-state index contributed by atoms with van der Waals surface area (Å²) < 4.78 is 5.31. The van der Waals surface area contributed by atoms with E-state index in [1.54, 1.807) is 11.3 Å². The summed E-state index contributed by atoms with van der Waals surface area (Å²) in [7, 11) is 2.00. The topological polar surface area (TPSA) is 55.1 Å². The predicted octanol–water partition coefficient (Wildman–Crippen LogP) is 3.79. The number of halogens is 1. The smallest absolute Gasteiger partial charge is 0.241 e. The first-order valence-electron chi connectivity index (χ1n) is 6.78. The molecule has 0 aliphatic heterocycles. The molecule has 114 valence electrons. The summed E-state index contributed by atoms with van der Waals surface area (Å²) in [4.78, 5) is 11.0. The number of aromatic nitrogens is 3. The maximum atomic E-state index is 5.88. The van der Waals surface area contributed by atoms with Gasteiger partial charge in [0, 0.05) is 22.5 Å². The molecule has 0 spiro atoms. The van der Waals surface area contributed by atoms with E-state index in [1.165, 1.54) is 0 Å². The van der Waals surface area contributed by atoms with Crippen LogP contribution in [-0.4, -0.2) is 27.1 Å². The standard InChI is InChI=1S/C15H15ClN4OS/c1-10-17-13(9-22-10)7-20(2)8-14-18-15(19-21-14)11-3-5-12(16)6-4-11/h3-6,9H,7-8H2,1-2H3. The van der Waals surface area contributed by atoms with Crippen LogP contribution in [0.4, 0.5) is 0 Å². The summed E-state index contributed by atoms with van der Waals surface area (Å²) >= 11 is 7.53. The molecule has 0 aliphatic rings. The number of thiazole rings is 1. The van der Waals surface area contributed by atoms with E-state index in [-0.39, 0.29) is 0 Å². The van der Waals surface area contributed by atoms with Crippen molar-refractivity contribution in [2.45, 2.75) is 20.0 Å². The van der Waals surface area contributed by atoms with Gasteiger partial charge in [-0.15, -0.1) is 11.3 Å². The van der Waals surface area contributed by atoms with Crippen molar-refractivity contribution < 1.29 is 4.52 Å². The summed E-state index contributed by atoms with van der Waals surface area (Å²) in [5.74, 6) is 1.16. The van der Waals surface area contributed by atoms with Gasteiger partial charge in [-0.3, -0.25) is 4.90 Å². The molecule has 1 aromatic carbocycles. The largest absolute Gasteiger partial charge is 0.338 e. The predicted molar refractivity (Wildman–Crippen MR) is 86.8 cm³/mol. The fraction of sp³-hybridized carbons (Fsp3) is 0.267. The Bertz CT molecular complexity index is 753. The number of aryl methyl sites for hydroxylation is 1. The molecule has 0 saturated carbocycles. The number of benzene rings is 1. The Balaban J connectivity index is 1.65. The molecule has 2 heterocycles. The van der Waals surface area contributed by atoms with Gasteiger partial charge in [0.25, 0.3) is 0 Å². The lowest BCUT2D eigenvalue weighted by atomic mass is 10.2. The molecule has 3 aromatic rings. The van der Waals surface area contributed by atoms with Crippen LogP contribution in [0, 0.1) is 6.92 Å². The molecule has 7 heteroatoms. The van der Waals surface area contributed by atoms with Crippen molar-refractivity contribution in [1.82, 2.24) is 20.0 Å². The number of hydrogen-bond acceptors (Lipinski definition) is 6. The van der Waals surface area contributed by atoms with Crippen molar-refractivity contribution >= 4 is 22.9 Å². The molecular weight excluding hydrogens is 320 g/mol. The van der Waals surface area contributed by atoms with Gasteiger partial charge in [0.1, 0.15) is 0 Å². The zero-order valence-electron chi connectivity index (χ0n) is 12.3. The highest BCUT2D eigenvalue weighted by Gasteiger charge is 2.12. The Kier molecular flexibility index (Phi) is 4.52. The van der Waals surface area contributed by atoms with Crippen molar-refractivity contribution in [2.75, 3.05) is 7.05 Å². The van der Waals surface area contributed by atoms with Gasteiger partial charge in [0.2, 0.25) is 11.7 Å². The van der Waals surface area contributed by atoms with E-state index in [1.807, 2.05) is 38.2 Å². The Hall–Kier alpha value is -1.76. The monoisotopic (exact) mass is 334 g/mol. The molecule has 3 rings (SSSR count). The fourth-order valence-electron chi connectivity index (χ4n) is 2.08. The first-order valence-corrected chi connectivity index (χ1v) is 8.04. The van der Waals surface area contributed by atoms with Gasteiger partial charge in [-0.05, 0) is 38.2 Å². The minimum absolute atomic E-state index is 0.574. The van der Waals surface area contributed by atoms with E-state index in [0.717, 1.165) is 22.8 Å². The second kappa shape index (κ2) is 6.56. The third-order valence-electron chi connectivity index (χ3n) is 3.07. The molecule has 0 saturated heterocycles. The summed E-state index contributed by atoms with van der Waals surface area (Å²) in [5, 5.41) is 7.84.